The molecule has 0 aromatic rings. The van der Waals surface area contributed by atoms with Gasteiger partial charge in [-0.25, -0.2) is 0 Å². The van der Waals surface area contributed by atoms with E-state index in [1.165, 1.54) is 58.3 Å². The summed E-state index contributed by atoms with van der Waals surface area (Å²) in [7, 11) is 0. The molecule has 1 aliphatic carbocycles. The van der Waals surface area contributed by atoms with Gasteiger partial charge < -0.3 is 10.2 Å². The second kappa shape index (κ2) is 5.71. The fraction of sp³-hybridized carbons (Fsp3) is 1.00. The van der Waals surface area contributed by atoms with Gasteiger partial charge in [0.25, 0.3) is 0 Å². The maximum Gasteiger partial charge on any atom is 0.0107 e. The second-order valence-electron chi connectivity index (χ2n) is 6.90. The standard InChI is InChI=1S/C15H30N2/c1-4-9-16-14-7-5-6-13(14)11-17-10-8-15(2,3)12-17/h13-14,16H,4-12H2,1-3H3. The molecule has 1 saturated heterocycles. The fourth-order valence-electron chi connectivity index (χ4n) is 3.57. The predicted molar refractivity (Wildman–Crippen MR) is 74.3 cm³/mol. The van der Waals surface area contributed by atoms with Gasteiger partial charge in [0.2, 0.25) is 0 Å². The number of nitrogens with one attached hydrogen (secondary N) is 1. The Labute approximate surface area is 107 Å². The summed E-state index contributed by atoms with van der Waals surface area (Å²) in [6.45, 7) is 12.3. The third-order valence-electron chi connectivity index (χ3n) is 4.56. The lowest BCUT2D eigenvalue weighted by atomic mass is 9.93. The Kier molecular flexibility index (Phi) is 4.48. The smallest absolute Gasteiger partial charge is 0.0107 e. The third-order valence-corrected chi connectivity index (χ3v) is 4.56. The molecule has 2 nitrogen and oxygen atoms in total. The molecular formula is C15H30N2. The van der Waals surface area contributed by atoms with Crippen LogP contribution < -0.4 is 5.32 Å². The Morgan fingerprint density at radius 2 is 2.12 bits per heavy atom. The van der Waals surface area contributed by atoms with Gasteiger partial charge in [-0.05, 0) is 50.1 Å². The highest BCUT2D eigenvalue weighted by molar-refractivity contribution is 4.89. The molecule has 2 heteroatoms. The van der Waals surface area contributed by atoms with Gasteiger partial charge in [-0.2, -0.15) is 0 Å². The maximum absolute atomic E-state index is 3.75. The van der Waals surface area contributed by atoms with Crippen LogP contribution in [-0.2, 0) is 0 Å². The number of rotatable bonds is 5. The third kappa shape index (κ3) is 3.69. The van der Waals surface area contributed by atoms with Crippen LogP contribution in [0.2, 0.25) is 0 Å². The van der Waals surface area contributed by atoms with Crippen LogP contribution in [0.4, 0.5) is 0 Å². The van der Waals surface area contributed by atoms with Crippen molar-refractivity contribution in [2.45, 2.75) is 58.9 Å². The summed E-state index contributed by atoms with van der Waals surface area (Å²) >= 11 is 0. The summed E-state index contributed by atoms with van der Waals surface area (Å²) in [5.74, 6) is 0.912. The Morgan fingerprint density at radius 3 is 2.76 bits per heavy atom. The van der Waals surface area contributed by atoms with Gasteiger partial charge >= 0.3 is 0 Å². The fourth-order valence-corrected chi connectivity index (χ4v) is 3.57. The van der Waals surface area contributed by atoms with Gasteiger partial charge in [-0.15, -0.1) is 0 Å². The molecule has 2 rings (SSSR count). The lowest BCUT2D eigenvalue weighted by Gasteiger charge is -2.27. The lowest BCUT2D eigenvalue weighted by Crippen LogP contribution is -2.39. The number of hydrogen-bond donors (Lipinski definition) is 1. The van der Waals surface area contributed by atoms with Crippen molar-refractivity contribution in [2.75, 3.05) is 26.2 Å². The van der Waals surface area contributed by atoms with Gasteiger partial charge in [0.05, 0.1) is 0 Å². The van der Waals surface area contributed by atoms with Crippen molar-refractivity contribution in [3.05, 3.63) is 0 Å². The largest absolute Gasteiger partial charge is 0.314 e. The minimum atomic E-state index is 0.560. The molecule has 0 aromatic heterocycles. The Morgan fingerprint density at radius 1 is 1.29 bits per heavy atom. The van der Waals surface area contributed by atoms with E-state index in [2.05, 4.69) is 31.0 Å². The van der Waals surface area contributed by atoms with E-state index in [4.69, 9.17) is 0 Å². The number of nitrogens with zero attached hydrogens (tertiary/aromatic N) is 1. The molecule has 2 aliphatic rings. The average Bonchev–Trinajstić information content (AvgIpc) is 2.83. The van der Waals surface area contributed by atoms with Gasteiger partial charge in [0.1, 0.15) is 0 Å². The van der Waals surface area contributed by atoms with Crippen molar-refractivity contribution in [1.82, 2.24) is 10.2 Å². The summed E-state index contributed by atoms with van der Waals surface area (Å²) in [6, 6.07) is 0.804. The zero-order valence-electron chi connectivity index (χ0n) is 12.0. The van der Waals surface area contributed by atoms with E-state index in [1.54, 1.807) is 0 Å². The Hall–Kier alpha value is -0.0800. The highest BCUT2D eigenvalue weighted by Crippen LogP contribution is 2.32. The highest BCUT2D eigenvalue weighted by Gasteiger charge is 2.33. The molecular weight excluding hydrogens is 208 g/mol. The zero-order chi connectivity index (χ0) is 12.3. The normalized spacial score (nSPS) is 33.4. The molecule has 17 heavy (non-hydrogen) atoms. The van der Waals surface area contributed by atoms with Crippen LogP contribution in [0.1, 0.15) is 52.9 Å². The van der Waals surface area contributed by atoms with Gasteiger partial charge in [0, 0.05) is 19.1 Å². The van der Waals surface area contributed by atoms with Crippen LogP contribution in [0.25, 0.3) is 0 Å². The van der Waals surface area contributed by atoms with Crippen LogP contribution in [0, 0.1) is 11.3 Å². The summed E-state index contributed by atoms with van der Waals surface area (Å²) in [4.78, 5) is 2.70. The van der Waals surface area contributed by atoms with Crippen molar-refractivity contribution < 1.29 is 0 Å². The summed E-state index contributed by atoms with van der Waals surface area (Å²) in [6.07, 6.45) is 6.93. The second-order valence-corrected chi connectivity index (χ2v) is 6.90. The van der Waals surface area contributed by atoms with Gasteiger partial charge in [-0.3, -0.25) is 0 Å². The van der Waals surface area contributed by atoms with Gasteiger partial charge in [-0.1, -0.05) is 27.2 Å². The maximum atomic E-state index is 3.75. The first kappa shape index (κ1) is 13.4. The minimum Gasteiger partial charge on any atom is -0.314 e. The van der Waals surface area contributed by atoms with Crippen LogP contribution in [0.5, 0.6) is 0 Å². The molecule has 1 heterocycles. The summed E-state index contributed by atoms with van der Waals surface area (Å²) in [5, 5.41) is 3.75. The van der Waals surface area contributed by atoms with E-state index in [1.807, 2.05) is 0 Å². The summed E-state index contributed by atoms with van der Waals surface area (Å²) < 4.78 is 0. The van der Waals surface area contributed by atoms with E-state index in [0.717, 1.165) is 12.0 Å². The monoisotopic (exact) mass is 238 g/mol. The molecule has 0 spiro atoms. The Bertz CT molecular complexity index is 237. The predicted octanol–water partition coefficient (Wildman–Crippen LogP) is 2.89. The first-order chi connectivity index (χ1) is 8.11. The summed E-state index contributed by atoms with van der Waals surface area (Å²) in [5.41, 5.74) is 0.560. The van der Waals surface area contributed by atoms with Crippen molar-refractivity contribution in [2.24, 2.45) is 11.3 Å². The quantitative estimate of drug-likeness (QED) is 0.792. The first-order valence-electron chi connectivity index (χ1n) is 7.56. The highest BCUT2D eigenvalue weighted by atomic mass is 15.2. The van der Waals surface area contributed by atoms with E-state index in [9.17, 15) is 0 Å². The molecule has 1 aliphatic heterocycles. The molecule has 2 fully saturated rings. The first-order valence-corrected chi connectivity index (χ1v) is 7.56. The molecule has 1 N–H and O–H groups in total. The van der Waals surface area contributed by atoms with Crippen LogP contribution in [0.15, 0.2) is 0 Å². The minimum absolute atomic E-state index is 0.560. The van der Waals surface area contributed by atoms with Crippen LogP contribution in [0.3, 0.4) is 0 Å². The van der Waals surface area contributed by atoms with E-state index in [-0.39, 0.29) is 0 Å². The van der Waals surface area contributed by atoms with Crippen LogP contribution >= 0.6 is 0 Å². The lowest BCUT2D eigenvalue weighted by molar-refractivity contribution is 0.230. The molecule has 2 unspecified atom stereocenters. The van der Waals surface area contributed by atoms with Crippen molar-refractivity contribution in [1.29, 1.82) is 0 Å². The molecule has 100 valence electrons. The number of likely N-dealkylation sites (tertiary alicyclic amines) is 1. The average molecular weight is 238 g/mol. The van der Waals surface area contributed by atoms with Crippen molar-refractivity contribution in [3.8, 4) is 0 Å². The molecule has 0 radical (unpaired) electrons. The van der Waals surface area contributed by atoms with E-state index < -0.39 is 0 Å². The van der Waals surface area contributed by atoms with Crippen molar-refractivity contribution in [3.63, 3.8) is 0 Å². The molecule has 2 atom stereocenters. The molecule has 0 amide bonds. The number of hydrogen-bond acceptors (Lipinski definition) is 2. The molecule has 0 bridgehead atoms. The molecule has 0 aromatic carbocycles. The Balaban J connectivity index is 1.78. The van der Waals surface area contributed by atoms with E-state index in [0.29, 0.717) is 5.41 Å². The topological polar surface area (TPSA) is 15.3 Å². The SMILES string of the molecule is CCCNC1CCCC1CN1CCC(C)(C)C1. The zero-order valence-corrected chi connectivity index (χ0v) is 12.0. The van der Waals surface area contributed by atoms with Gasteiger partial charge in [0.15, 0.2) is 0 Å². The van der Waals surface area contributed by atoms with Crippen LogP contribution in [-0.4, -0.2) is 37.1 Å². The van der Waals surface area contributed by atoms with E-state index >= 15 is 0 Å². The van der Waals surface area contributed by atoms with Crippen molar-refractivity contribution >= 4 is 0 Å². The molecule has 1 saturated carbocycles.